The summed E-state index contributed by atoms with van der Waals surface area (Å²) in [5.74, 6) is 1.69. The predicted molar refractivity (Wildman–Crippen MR) is 86.0 cm³/mol. The van der Waals surface area contributed by atoms with Crippen LogP contribution < -0.4 is 4.74 Å². The normalized spacial score (nSPS) is 10.9. The van der Waals surface area contributed by atoms with Gasteiger partial charge in [0, 0.05) is 11.9 Å². The maximum Gasteiger partial charge on any atom is 0.195 e. The molecule has 0 bridgehead atoms. The van der Waals surface area contributed by atoms with Crippen molar-refractivity contribution >= 4 is 23.0 Å². The van der Waals surface area contributed by atoms with Gasteiger partial charge in [-0.3, -0.25) is 5.10 Å². The Hall–Kier alpha value is -2.14. The van der Waals surface area contributed by atoms with E-state index in [0.29, 0.717) is 11.4 Å². The average Bonchev–Trinajstić information content (AvgIpc) is 2.86. The quantitative estimate of drug-likeness (QED) is 0.722. The molecule has 0 fully saturated rings. The number of aromatic nitrogens is 3. The number of nitrogens with zero attached hydrogens (tertiary/aromatic N) is 2. The van der Waals surface area contributed by atoms with Gasteiger partial charge < -0.3 is 9.30 Å². The minimum atomic E-state index is 0.404. The number of hydrogen-bond donors (Lipinski definition) is 1. The van der Waals surface area contributed by atoms with E-state index in [1.807, 2.05) is 28.8 Å². The van der Waals surface area contributed by atoms with Crippen LogP contribution >= 0.6 is 12.2 Å². The third-order valence-corrected chi connectivity index (χ3v) is 3.70. The second kappa shape index (κ2) is 6.10. The molecule has 4 nitrogen and oxygen atoms in total. The molecule has 3 aromatic rings. The molecule has 0 saturated carbocycles. The number of benzene rings is 2. The van der Waals surface area contributed by atoms with Crippen LogP contribution in [0.15, 0.2) is 42.5 Å². The van der Waals surface area contributed by atoms with Crippen molar-refractivity contribution in [1.82, 2.24) is 14.8 Å². The van der Waals surface area contributed by atoms with E-state index in [-0.39, 0.29) is 0 Å². The first kappa shape index (κ1) is 13.8. The first-order valence-corrected chi connectivity index (χ1v) is 7.45. The molecule has 0 aliphatic heterocycles. The minimum absolute atomic E-state index is 0.404. The fraction of sp³-hybridized carbons (Fsp3) is 0.250. The molecule has 0 unspecified atom stereocenters. The van der Waals surface area contributed by atoms with Crippen LogP contribution in [0.4, 0.5) is 0 Å². The molecule has 0 amide bonds. The minimum Gasteiger partial charge on any atom is -0.485 e. The number of nitrogens with one attached hydrogen (secondary N) is 1. The summed E-state index contributed by atoms with van der Waals surface area (Å²) in [4.78, 5) is 0. The molecule has 0 radical (unpaired) electrons. The number of H-pyrrole nitrogens is 1. The van der Waals surface area contributed by atoms with E-state index in [2.05, 4.69) is 35.3 Å². The van der Waals surface area contributed by atoms with Crippen LogP contribution in [0, 0.1) is 4.77 Å². The van der Waals surface area contributed by atoms with Gasteiger partial charge in [0.15, 0.2) is 10.6 Å². The third kappa shape index (κ3) is 2.83. The maximum absolute atomic E-state index is 5.96. The van der Waals surface area contributed by atoms with Crippen molar-refractivity contribution in [3.05, 3.63) is 53.1 Å². The standard InChI is InChI=1S/C16H17N3OS/c1-2-10-19-15(17-18-16(19)21)11-20-14-9-5-7-12-6-3-4-8-13(12)14/h3-9H,2,10-11H2,1H3,(H,18,21). The van der Waals surface area contributed by atoms with Crippen molar-refractivity contribution in [2.45, 2.75) is 26.5 Å². The van der Waals surface area contributed by atoms with Crippen molar-refractivity contribution < 1.29 is 4.74 Å². The summed E-state index contributed by atoms with van der Waals surface area (Å²) in [5, 5.41) is 9.36. The molecule has 5 heteroatoms. The Morgan fingerprint density at radius 2 is 2.00 bits per heavy atom. The summed E-state index contributed by atoms with van der Waals surface area (Å²) in [6.07, 6.45) is 1.01. The average molecular weight is 299 g/mol. The molecule has 0 atom stereocenters. The largest absolute Gasteiger partial charge is 0.485 e. The molecule has 2 aromatic carbocycles. The van der Waals surface area contributed by atoms with E-state index in [1.54, 1.807) is 0 Å². The Kier molecular flexibility index (Phi) is 4.01. The third-order valence-electron chi connectivity index (χ3n) is 3.39. The van der Waals surface area contributed by atoms with Gasteiger partial charge in [-0.05, 0) is 30.1 Å². The van der Waals surface area contributed by atoms with Gasteiger partial charge in [0.1, 0.15) is 12.4 Å². The highest BCUT2D eigenvalue weighted by molar-refractivity contribution is 7.71. The zero-order valence-electron chi connectivity index (χ0n) is 11.9. The van der Waals surface area contributed by atoms with Crippen molar-refractivity contribution in [2.24, 2.45) is 0 Å². The second-order valence-electron chi connectivity index (χ2n) is 4.86. The lowest BCUT2D eigenvalue weighted by Crippen LogP contribution is -2.07. The molecular weight excluding hydrogens is 282 g/mol. The van der Waals surface area contributed by atoms with E-state index in [9.17, 15) is 0 Å². The van der Waals surface area contributed by atoms with Gasteiger partial charge in [-0.25, -0.2) is 0 Å². The van der Waals surface area contributed by atoms with E-state index < -0.39 is 0 Å². The molecule has 3 rings (SSSR count). The van der Waals surface area contributed by atoms with Crippen LogP contribution in [-0.2, 0) is 13.2 Å². The lowest BCUT2D eigenvalue weighted by Gasteiger charge is -2.10. The van der Waals surface area contributed by atoms with Crippen LogP contribution in [0.25, 0.3) is 10.8 Å². The monoisotopic (exact) mass is 299 g/mol. The Balaban J connectivity index is 1.86. The van der Waals surface area contributed by atoms with Gasteiger partial charge in [-0.1, -0.05) is 43.3 Å². The fourth-order valence-corrected chi connectivity index (χ4v) is 2.62. The molecule has 0 aliphatic rings. The summed E-state index contributed by atoms with van der Waals surface area (Å²) in [7, 11) is 0. The Morgan fingerprint density at radius 1 is 1.19 bits per heavy atom. The van der Waals surface area contributed by atoms with Gasteiger partial charge in [0.05, 0.1) is 0 Å². The molecule has 0 spiro atoms. The molecule has 0 saturated heterocycles. The lowest BCUT2D eigenvalue weighted by molar-refractivity contribution is 0.292. The van der Waals surface area contributed by atoms with Crippen molar-refractivity contribution in [2.75, 3.05) is 0 Å². The van der Waals surface area contributed by atoms with Gasteiger partial charge >= 0.3 is 0 Å². The van der Waals surface area contributed by atoms with Crippen LogP contribution in [0.5, 0.6) is 5.75 Å². The lowest BCUT2D eigenvalue weighted by atomic mass is 10.1. The Bertz CT molecular complexity index is 801. The van der Waals surface area contributed by atoms with Crippen molar-refractivity contribution in [3.8, 4) is 5.75 Å². The summed E-state index contributed by atoms with van der Waals surface area (Å²) >= 11 is 5.24. The van der Waals surface area contributed by atoms with E-state index in [0.717, 1.165) is 29.9 Å². The molecule has 108 valence electrons. The Morgan fingerprint density at radius 3 is 2.86 bits per heavy atom. The predicted octanol–water partition coefficient (Wildman–Crippen LogP) is 4.08. The van der Waals surface area contributed by atoms with Crippen molar-refractivity contribution in [1.29, 1.82) is 0 Å². The topological polar surface area (TPSA) is 42.8 Å². The highest BCUT2D eigenvalue weighted by atomic mass is 32.1. The van der Waals surface area contributed by atoms with Crippen molar-refractivity contribution in [3.63, 3.8) is 0 Å². The van der Waals surface area contributed by atoms with Crippen LogP contribution in [0.2, 0.25) is 0 Å². The zero-order chi connectivity index (χ0) is 14.7. The van der Waals surface area contributed by atoms with Crippen LogP contribution in [-0.4, -0.2) is 14.8 Å². The van der Waals surface area contributed by atoms with E-state index in [4.69, 9.17) is 17.0 Å². The van der Waals surface area contributed by atoms with Gasteiger partial charge in [-0.15, -0.1) is 0 Å². The molecule has 1 aromatic heterocycles. The van der Waals surface area contributed by atoms with Gasteiger partial charge in [-0.2, -0.15) is 5.10 Å². The number of aromatic amines is 1. The van der Waals surface area contributed by atoms with E-state index >= 15 is 0 Å². The summed E-state index contributed by atoms with van der Waals surface area (Å²) < 4.78 is 8.59. The van der Waals surface area contributed by atoms with Gasteiger partial charge in [0.25, 0.3) is 0 Å². The summed E-state index contributed by atoms with van der Waals surface area (Å²) in [6, 6.07) is 14.2. The van der Waals surface area contributed by atoms with E-state index in [1.165, 1.54) is 5.39 Å². The van der Waals surface area contributed by atoms with Crippen LogP contribution in [0.3, 0.4) is 0 Å². The summed E-state index contributed by atoms with van der Waals surface area (Å²) in [6.45, 7) is 3.37. The molecular formula is C16H17N3OS. The first-order valence-electron chi connectivity index (χ1n) is 7.04. The summed E-state index contributed by atoms with van der Waals surface area (Å²) in [5.41, 5.74) is 0. The molecule has 1 N–H and O–H groups in total. The van der Waals surface area contributed by atoms with Crippen LogP contribution in [0.1, 0.15) is 19.2 Å². The zero-order valence-corrected chi connectivity index (χ0v) is 12.7. The first-order chi connectivity index (χ1) is 10.3. The number of ether oxygens (including phenoxy) is 1. The highest BCUT2D eigenvalue weighted by Gasteiger charge is 2.07. The number of fused-ring (bicyclic) bond motifs is 1. The molecule has 0 aliphatic carbocycles. The SMILES string of the molecule is CCCn1c(COc2cccc3ccccc23)n[nH]c1=S. The maximum atomic E-state index is 5.96. The van der Waals surface area contributed by atoms with Gasteiger partial charge in [0.2, 0.25) is 0 Å². The smallest absolute Gasteiger partial charge is 0.195 e. The molecule has 21 heavy (non-hydrogen) atoms. The number of hydrogen-bond acceptors (Lipinski definition) is 3. The molecule has 1 heterocycles. The fourth-order valence-electron chi connectivity index (χ4n) is 2.38. The Labute approximate surface area is 128 Å². The second-order valence-corrected chi connectivity index (χ2v) is 5.25. The highest BCUT2D eigenvalue weighted by Crippen LogP contribution is 2.25. The number of rotatable bonds is 5.